The van der Waals surface area contributed by atoms with Gasteiger partial charge >= 0.3 is 0 Å². The first kappa shape index (κ1) is 7.37. The largest absolute Gasteiger partial charge is 0.464 e. The van der Waals surface area contributed by atoms with E-state index < -0.39 is 0 Å². The fourth-order valence-corrected chi connectivity index (χ4v) is 1.44. The number of aryl methyl sites for hydroxylation is 1. The number of aliphatic hydroxyl groups is 1. The molecule has 0 bridgehead atoms. The van der Waals surface area contributed by atoms with Gasteiger partial charge in [-0.1, -0.05) is 6.07 Å². The van der Waals surface area contributed by atoms with E-state index in [-0.39, 0.29) is 6.61 Å². The Morgan fingerprint density at radius 2 is 2.25 bits per heavy atom. The highest BCUT2D eigenvalue weighted by Gasteiger charge is 2.03. The Bertz CT molecular complexity index is 401. The van der Waals surface area contributed by atoms with E-state index in [2.05, 4.69) is 0 Å². The summed E-state index contributed by atoms with van der Waals surface area (Å²) in [4.78, 5) is 0. The summed E-state index contributed by atoms with van der Waals surface area (Å²) in [6, 6.07) is 5.88. The lowest BCUT2D eigenvalue weighted by Gasteiger charge is -1.99. The molecule has 0 spiro atoms. The molecular weight excluding hydrogens is 152 g/mol. The van der Waals surface area contributed by atoms with Gasteiger partial charge in [0, 0.05) is 10.9 Å². The number of benzene rings is 1. The van der Waals surface area contributed by atoms with Crippen LogP contribution in [0.25, 0.3) is 11.0 Å². The number of hydrogen-bond donors (Lipinski definition) is 1. The van der Waals surface area contributed by atoms with E-state index in [0.717, 1.165) is 22.1 Å². The number of rotatable bonds is 1. The van der Waals surface area contributed by atoms with Crippen LogP contribution in [-0.2, 0) is 6.61 Å². The van der Waals surface area contributed by atoms with E-state index in [1.165, 1.54) is 0 Å². The summed E-state index contributed by atoms with van der Waals surface area (Å²) in [5.74, 6) is 0. The summed E-state index contributed by atoms with van der Waals surface area (Å²) >= 11 is 0. The van der Waals surface area contributed by atoms with Crippen LogP contribution >= 0.6 is 0 Å². The van der Waals surface area contributed by atoms with Crippen LogP contribution < -0.4 is 0 Å². The molecular formula is C10H10O2. The van der Waals surface area contributed by atoms with Gasteiger partial charge in [0.2, 0.25) is 0 Å². The van der Waals surface area contributed by atoms with E-state index >= 15 is 0 Å². The van der Waals surface area contributed by atoms with Crippen LogP contribution in [0, 0.1) is 6.92 Å². The molecule has 1 aromatic heterocycles. The molecule has 0 aliphatic carbocycles. The Labute approximate surface area is 70.4 Å². The van der Waals surface area contributed by atoms with Gasteiger partial charge in [0.15, 0.2) is 0 Å². The predicted octanol–water partition coefficient (Wildman–Crippen LogP) is 2.23. The highest BCUT2D eigenvalue weighted by atomic mass is 16.3. The first-order valence-corrected chi connectivity index (χ1v) is 3.89. The Morgan fingerprint density at radius 1 is 1.42 bits per heavy atom. The Morgan fingerprint density at radius 3 is 3.00 bits per heavy atom. The molecule has 62 valence electrons. The lowest BCUT2D eigenvalue weighted by molar-refractivity contribution is 0.281. The normalized spacial score (nSPS) is 10.8. The zero-order chi connectivity index (χ0) is 8.55. The lowest BCUT2D eigenvalue weighted by Crippen LogP contribution is -1.84. The fraction of sp³-hybridized carbons (Fsp3) is 0.200. The number of furan rings is 1. The molecule has 2 heteroatoms. The number of hydrogen-bond acceptors (Lipinski definition) is 2. The molecule has 1 heterocycles. The summed E-state index contributed by atoms with van der Waals surface area (Å²) in [7, 11) is 0. The molecule has 0 unspecified atom stereocenters. The predicted molar refractivity (Wildman–Crippen MR) is 46.9 cm³/mol. The summed E-state index contributed by atoms with van der Waals surface area (Å²) < 4.78 is 5.23. The molecule has 0 fully saturated rings. The molecule has 0 saturated carbocycles. The van der Waals surface area contributed by atoms with E-state index in [4.69, 9.17) is 9.52 Å². The minimum atomic E-state index is 0.0334. The van der Waals surface area contributed by atoms with E-state index in [1.54, 1.807) is 6.26 Å². The third-order valence-corrected chi connectivity index (χ3v) is 1.94. The van der Waals surface area contributed by atoms with Crippen molar-refractivity contribution in [1.82, 2.24) is 0 Å². The average molecular weight is 162 g/mol. The van der Waals surface area contributed by atoms with Crippen LogP contribution in [-0.4, -0.2) is 5.11 Å². The lowest BCUT2D eigenvalue weighted by atomic mass is 10.1. The maximum Gasteiger partial charge on any atom is 0.139 e. The van der Waals surface area contributed by atoms with Gasteiger partial charge in [0.1, 0.15) is 5.58 Å². The molecule has 0 amide bonds. The van der Waals surface area contributed by atoms with Gasteiger partial charge in [-0.15, -0.1) is 0 Å². The molecule has 0 radical (unpaired) electrons. The number of aliphatic hydroxyl groups excluding tert-OH is 1. The van der Waals surface area contributed by atoms with Crippen molar-refractivity contribution in [3.8, 4) is 0 Å². The summed E-state index contributed by atoms with van der Waals surface area (Å²) in [6.07, 6.45) is 1.64. The van der Waals surface area contributed by atoms with Crippen molar-refractivity contribution in [2.24, 2.45) is 0 Å². The molecule has 0 saturated heterocycles. The Kier molecular flexibility index (Phi) is 1.62. The van der Waals surface area contributed by atoms with Gasteiger partial charge in [-0.25, -0.2) is 0 Å². The molecule has 2 nitrogen and oxygen atoms in total. The standard InChI is InChI=1S/C10H10O2/c1-7-4-8-2-3-12-10(8)9(5-7)6-11/h2-5,11H,6H2,1H3. The highest BCUT2D eigenvalue weighted by molar-refractivity contribution is 5.81. The van der Waals surface area contributed by atoms with Crippen LogP contribution in [0.1, 0.15) is 11.1 Å². The molecule has 1 N–H and O–H groups in total. The molecule has 0 aliphatic heterocycles. The van der Waals surface area contributed by atoms with Crippen molar-refractivity contribution in [2.45, 2.75) is 13.5 Å². The quantitative estimate of drug-likeness (QED) is 0.697. The van der Waals surface area contributed by atoms with Crippen LogP contribution in [0.4, 0.5) is 0 Å². The maximum absolute atomic E-state index is 9.02. The molecule has 0 atom stereocenters. The van der Waals surface area contributed by atoms with Crippen molar-refractivity contribution in [3.63, 3.8) is 0 Å². The van der Waals surface area contributed by atoms with Crippen LogP contribution in [0.2, 0.25) is 0 Å². The third-order valence-electron chi connectivity index (χ3n) is 1.94. The van der Waals surface area contributed by atoms with Crippen molar-refractivity contribution >= 4 is 11.0 Å². The molecule has 1 aromatic carbocycles. The van der Waals surface area contributed by atoms with Gasteiger partial charge in [-0.3, -0.25) is 0 Å². The van der Waals surface area contributed by atoms with Crippen molar-refractivity contribution in [1.29, 1.82) is 0 Å². The molecule has 0 aliphatic rings. The van der Waals surface area contributed by atoms with Gasteiger partial charge in [0.25, 0.3) is 0 Å². The SMILES string of the molecule is Cc1cc(CO)c2occc2c1. The van der Waals surface area contributed by atoms with Crippen molar-refractivity contribution in [2.75, 3.05) is 0 Å². The minimum Gasteiger partial charge on any atom is -0.464 e. The minimum absolute atomic E-state index is 0.0334. The Balaban J connectivity index is 2.80. The van der Waals surface area contributed by atoms with Crippen LogP contribution in [0.3, 0.4) is 0 Å². The van der Waals surface area contributed by atoms with Gasteiger partial charge in [-0.2, -0.15) is 0 Å². The van der Waals surface area contributed by atoms with Gasteiger partial charge < -0.3 is 9.52 Å². The summed E-state index contributed by atoms with van der Waals surface area (Å²) in [6.45, 7) is 2.04. The average Bonchev–Trinajstić information content (AvgIpc) is 2.50. The molecule has 12 heavy (non-hydrogen) atoms. The highest BCUT2D eigenvalue weighted by Crippen LogP contribution is 2.21. The second-order valence-corrected chi connectivity index (χ2v) is 2.92. The first-order chi connectivity index (χ1) is 5.81. The summed E-state index contributed by atoms with van der Waals surface area (Å²) in [5.41, 5.74) is 2.80. The third kappa shape index (κ3) is 1.01. The van der Waals surface area contributed by atoms with Gasteiger partial charge in [-0.05, 0) is 24.6 Å². The van der Waals surface area contributed by atoms with Crippen molar-refractivity contribution < 1.29 is 9.52 Å². The molecule has 2 aromatic rings. The monoisotopic (exact) mass is 162 g/mol. The van der Waals surface area contributed by atoms with Crippen LogP contribution in [0.15, 0.2) is 28.9 Å². The maximum atomic E-state index is 9.02. The zero-order valence-electron chi connectivity index (χ0n) is 6.87. The van der Waals surface area contributed by atoms with E-state index in [0.29, 0.717) is 0 Å². The molecule has 2 rings (SSSR count). The second kappa shape index (κ2) is 2.64. The van der Waals surface area contributed by atoms with Crippen molar-refractivity contribution in [3.05, 3.63) is 35.6 Å². The topological polar surface area (TPSA) is 33.4 Å². The summed E-state index contributed by atoms with van der Waals surface area (Å²) in [5, 5.41) is 10.1. The fourth-order valence-electron chi connectivity index (χ4n) is 1.44. The Hall–Kier alpha value is -1.28. The zero-order valence-corrected chi connectivity index (χ0v) is 6.87. The number of fused-ring (bicyclic) bond motifs is 1. The van der Waals surface area contributed by atoms with Crippen LogP contribution in [0.5, 0.6) is 0 Å². The second-order valence-electron chi connectivity index (χ2n) is 2.92. The van der Waals surface area contributed by atoms with Gasteiger partial charge in [0.05, 0.1) is 12.9 Å². The van der Waals surface area contributed by atoms with E-state index in [9.17, 15) is 0 Å². The van der Waals surface area contributed by atoms with E-state index in [1.807, 2.05) is 25.1 Å². The smallest absolute Gasteiger partial charge is 0.139 e. The first-order valence-electron chi connectivity index (χ1n) is 3.89.